The first-order chi connectivity index (χ1) is 35.3. The van der Waals surface area contributed by atoms with E-state index in [1.54, 1.807) is 18.2 Å². The van der Waals surface area contributed by atoms with Gasteiger partial charge in [-0.3, -0.25) is 4.79 Å². The first-order valence-electron chi connectivity index (χ1n) is 26.9. The van der Waals surface area contributed by atoms with Crippen molar-refractivity contribution in [3.05, 3.63) is 41.0 Å². The lowest BCUT2D eigenvalue weighted by Gasteiger charge is -2.65. The van der Waals surface area contributed by atoms with Crippen molar-refractivity contribution in [1.82, 2.24) is 10.6 Å². The number of methoxy groups -OCH3 is 2. The number of rotatable bonds is 10. The molecule has 9 rings (SSSR count). The van der Waals surface area contributed by atoms with Gasteiger partial charge in [0, 0.05) is 60.3 Å². The van der Waals surface area contributed by atoms with Gasteiger partial charge in [-0.2, -0.15) is 0 Å². The van der Waals surface area contributed by atoms with Crippen molar-refractivity contribution in [2.24, 2.45) is 58.2 Å². The summed E-state index contributed by atoms with van der Waals surface area (Å²) in [4.78, 5) is 13.0. The van der Waals surface area contributed by atoms with Gasteiger partial charge < -0.3 is 65.3 Å². The van der Waals surface area contributed by atoms with E-state index in [0.29, 0.717) is 61.8 Å². The van der Waals surface area contributed by atoms with Crippen LogP contribution in [-0.2, 0) is 22.4 Å². The molecule has 0 radical (unpaired) electrons. The molecule has 1 saturated heterocycles. The van der Waals surface area contributed by atoms with E-state index in [-0.39, 0.29) is 100.0 Å². The molecule has 3 saturated carbocycles. The monoisotopic (exact) mass is 1050 g/mol. The summed E-state index contributed by atoms with van der Waals surface area (Å²) in [5.74, 6) is 15.5. The van der Waals surface area contributed by atoms with Gasteiger partial charge in [0.15, 0.2) is 23.0 Å². The van der Waals surface area contributed by atoms with Crippen LogP contribution < -0.4 is 24.8 Å². The van der Waals surface area contributed by atoms with Gasteiger partial charge in [-0.15, -0.1) is 5.92 Å². The number of aliphatic hydroxyl groups is 5. The van der Waals surface area contributed by atoms with E-state index in [1.807, 2.05) is 6.07 Å². The minimum atomic E-state index is -1.04. The number of nitrogens with one attached hydrogen (secondary N) is 2. The Morgan fingerprint density at radius 2 is 1.66 bits per heavy atom. The smallest absolute Gasteiger partial charge is 0.235 e. The Labute approximate surface area is 439 Å². The Balaban J connectivity index is 1.01. The van der Waals surface area contributed by atoms with Crippen LogP contribution in [0, 0.1) is 81.9 Å². The summed E-state index contributed by atoms with van der Waals surface area (Å²) in [6.45, 7) is 3.75. The molecule has 3 bridgehead atoms. The zero-order valence-electron chi connectivity index (χ0n) is 42.7. The van der Waals surface area contributed by atoms with Gasteiger partial charge in [-0.25, -0.2) is 0 Å². The minimum Gasteiger partial charge on any atom is -0.504 e. The molecule has 9 N–H and O–H groups in total. The lowest BCUT2D eigenvalue weighted by molar-refractivity contribution is -0.160. The molecule has 2 spiro atoms. The van der Waals surface area contributed by atoms with Crippen LogP contribution in [0.5, 0.6) is 28.7 Å². The van der Waals surface area contributed by atoms with Gasteiger partial charge in [-0.1, -0.05) is 52.7 Å². The van der Waals surface area contributed by atoms with Crippen molar-refractivity contribution in [1.29, 1.82) is 0 Å². The molecule has 14 nitrogen and oxygen atoms in total. The van der Waals surface area contributed by atoms with E-state index in [9.17, 15) is 40.5 Å². The number of benzene rings is 2. The fraction of sp³-hybridized carbons (Fsp3) is 0.702. The fourth-order valence-corrected chi connectivity index (χ4v) is 17.5. The third-order valence-corrected chi connectivity index (χ3v) is 21.1. The van der Waals surface area contributed by atoms with Crippen molar-refractivity contribution < 1.29 is 59.5 Å². The predicted octanol–water partition coefficient (Wildman–Crippen LogP) is 6.28. The van der Waals surface area contributed by atoms with E-state index in [0.717, 1.165) is 75.6 Å². The van der Waals surface area contributed by atoms with Gasteiger partial charge in [0.1, 0.15) is 12.7 Å². The Kier molecular flexibility index (Phi) is 17.7. The van der Waals surface area contributed by atoms with Crippen LogP contribution in [0.2, 0.25) is 0 Å². The summed E-state index contributed by atoms with van der Waals surface area (Å²) in [6, 6.07) is 7.07. The molecule has 400 valence electrons. The summed E-state index contributed by atoms with van der Waals surface area (Å²) in [5, 5.41) is 85.4. The maximum atomic E-state index is 13.0. The number of amides is 1. The lowest BCUT2D eigenvalue weighted by atomic mass is 9.38. The molecule has 16 heteroatoms. The zero-order chi connectivity index (χ0) is 51.4. The summed E-state index contributed by atoms with van der Waals surface area (Å²) in [6.07, 6.45) is 6.95. The average Bonchev–Trinajstić information content (AvgIpc) is 3.77. The molecule has 3 aliphatic heterocycles. The largest absolute Gasteiger partial charge is 0.504 e. The van der Waals surface area contributed by atoms with Crippen LogP contribution in [0.4, 0.5) is 0 Å². The highest BCUT2D eigenvalue weighted by molar-refractivity contribution is 8.76. The van der Waals surface area contributed by atoms with Gasteiger partial charge in [0.05, 0.1) is 44.7 Å². The molecule has 73 heavy (non-hydrogen) atoms. The maximum Gasteiger partial charge on any atom is 0.235 e. The number of carbonyl (C=O) groups excluding carboxylic acids is 1. The van der Waals surface area contributed by atoms with E-state index in [2.05, 4.69) is 41.2 Å². The predicted molar refractivity (Wildman–Crippen MR) is 281 cm³/mol. The zero-order valence-corrected chi connectivity index (χ0v) is 44.4. The molecular weight excluding hydrogens is 969 g/mol. The van der Waals surface area contributed by atoms with Crippen LogP contribution in [0.15, 0.2) is 24.3 Å². The van der Waals surface area contributed by atoms with Crippen molar-refractivity contribution in [3.63, 3.8) is 0 Å². The number of carbonyl (C=O) groups is 1. The molecule has 7 aliphatic rings. The van der Waals surface area contributed by atoms with E-state index in [1.165, 1.54) is 35.8 Å². The van der Waals surface area contributed by atoms with Gasteiger partial charge in [0.25, 0.3) is 0 Å². The number of fused-ring (bicyclic) bond motifs is 3. The molecule has 1 amide bonds. The van der Waals surface area contributed by atoms with Crippen LogP contribution >= 0.6 is 21.6 Å². The number of aliphatic hydroxyl groups excluding tert-OH is 5. The van der Waals surface area contributed by atoms with Crippen molar-refractivity contribution in [3.8, 4) is 52.4 Å². The SMILES string of the molecule is COc1cc(C[C@H]2[C@H](O)C[C@@H](OCO)CCc3cc(O[C@H]4CC[C@H]5CNC[C@H]6C#C[C@]78C[C@@H](C)CC[C@@H]7[C@H](CC[C@]58C4)C[C@H](O)[C@H]4CNC(=O)[C@H]4C#CC6)c(O)cc3[C@H](CCO)SSC[C@@H]2O)cc(OC)c1O. The van der Waals surface area contributed by atoms with Gasteiger partial charge >= 0.3 is 0 Å². The second-order valence-corrected chi connectivity index (χ2v) is 25.0. The molecule has 0 unspecified atom stereocenters. The molecule has 2 aromatic rings. The highest BCUT2D eigenvalue weighted by atomic mass is 33.1. The standard InChI is InChI=1S/C57H78N2O12S2/c1-33-7-12-45-37-14-17-56-27-40(11-9-38(56)29-58-28-34(13-16-57(45,56)26-33)5-4-6-41-44(46(62)22-37)30-59-55(41)67)71-50-23-36-8-10-39(70-32-61)24-47(63)43(19-35-20-51(68-2)54(66)52(21-35)69-3)49(65)31-72-73-53(15-18-60)42(36)25-48(50)64/h20-21,23,25,33-34,37-41,43-47,49,53,58,60-66H,5,7-12,14-15,17-19,22,24,26-32H2,1-3H3,(H,59,67)/t33-,34+,37+,38-,39-,40-,41-,43-,44-,45+,46-,47+,49-,53-,56-,57-/m0/s1. The first kappa shape index (κ1) is 54.2. The molecular formula is C57H78N2O12S2. The molecule has 2 aromatic carbocycles. The molecule has 16 atom stereocenters. The number of phenolic OH excluding ortho intramolecular Hbond substituents is 2. The van der Waals surface area contributed by atoms with E-state index in [4.69, 9.17) is 18.9 Å². The highest BCUT2D eigenvalue weighted by Crippen LogP contribution is 2.69. The Bertz CT molecular complexity index is 2360. The molecule has 0 aromatic heterocycles. The second-order valence-electron chi connectivity index (χ2n) is 22.4. The molecule has 3 heterocycles. The summed E-state index contributed by atoms with van der Waals surface area (Å²) >= 11 is 0. The average molecular weight is 1050 g/mol. The Morgan fingerprint density at radius 3 is 2.42 bits per heavy atom. The normalized spacial score (nSPS) is 37.7. The third kappa shape index (κ3) is 11.3. The maximum absolute atomic E-state index is 13.0. The lowest BCUT2D eigenvalue weighted by Crippen LogP contribution is -2.62. The summed E-state index contributed by atoms with van der Waals surface area (Å²) in [5.41, 5.74) is 1.94. The number of hydrogen-bond donors (Lipinski definition) is 9. The van der Waals surface area contributed by atoms with Gasteiger partial charge in [-0.05, 0) is 160 Å². The third-order valence-electron chi connectivity index (χ3n) is 18.3. The number of aryl methyl sites for hydroxylation is 1. The van der Waals surface area contributed by atoms with Crippen molar-refractivity contribution in [2.75, 3.05) is 53.0 Å². The number of aromatic hydroxyl groups is 2. The van der Waals surface area contributed by atoms with Crippen LogP contribution in [0.1, 0.15) is 112 Å². The first-order valence-corrected chi connectivity index (χ1v) is 29.3. The van der Waals surface area contributed by atoms with E-state index < -0.39 is 43.0 Å². The second kappa shape index (κ2) is 23.8. The van der Waals surface area contributed by atoms with Crippen LogP contribution in [-0.4, -0.2) is 125 Å². The Morgan fingerprint density at radius 1 is 0.849 bits per heavy atom. The topological polar surface area (TPSA) is 220 Å². The highest BCUT2D eigenvalue weighted by Gasteiger charge is 2.65. The number of ether oxygens (including phenoxy) is 4. The fourth-order valence-electron chi connectivity index (χ4n) is 14.6. The van der Waals surface area contributed by atoms with Gasteiger partial charge in [0.2, 0.25) is 11.7 Å². The quantitative estimate of drug-likeness (QED) is 0.0727. The summed E-state index contributed by atoms with van der Waals surface area (Å²) < 4.78 is 23.8. The number of phenols is 2. The van der Waals surface area contributed by atoms with Crippen molar-refractivity contribution >= 4 is 27.5 Å². The summed E-state index contributed by atoms with van der Waals surface area (Å²) in [7, 11) is 5.85. The Hall–Kier alpha value is -3.55. The minimum absolute atomic E-state index is 0.00773. The van der Waals surface area contributed by atoms with Crippen LogP contribution in [0.3, 0.4) is 0 Å². The number of hydrogen-bond acceptors (Lipinski definition) is 15. The van der Waals surface area contributed by atoms with E-state index >= 15 is 0 Å². The molecule has 4 fully saturated rings. The van der Waals surface area contributed by atoms with Crippen LogP contribution in [0.25, 0.3) is 0 Å². The molecule has 4 aliphatic carbocycles. The van der Waals surface area contributed by atoms with Crippen molar-refractivity contribution in [2.45, 2.75) is 139 Å².